The summed E-state index contributed by atoms with van der Waals surface area (Å²) in [4.78, 5) is 31.3. The van der Waals surface area contributed by atoms with Crippen LogP contribution in [0.25, 0.3) is 10.2 Å². The molecule has 4 nitrogen and oxygen atoms in total. The highest BCUT2D eigenvalue weighted by atomic mass is 32.1. The predicted molar refractivity (Wildman–Crippen MR) is 85.2 cm³/mol. The molecule has 0 fully saturated rings. The van der Waals surface area contributed by atoms with Crippen LogP contribution in [-0.2, 0) is 17.6 Å². The van der Waals surface area contributed by atoms with E-state index in [4.69, 9.17) is 0 Å². The summed E-state index contributed by atoms with van der Waals surface area (Å²) in [5.74, 6) is 1.28. The van der Waals surface area contributed by atoms with Gasteiger partial charge in [0, 0.05) is 4.88 Å². The Labute approximate surface area is 127 Å². The number of carbonyl (C=O) groups excluding carboxylic acids is 1. The van der Waals surface area contributed by atoms with Crippen LogP contribution in [-0.4, -0.2) is 15.3 Å². The molecule has 0 unspecified atom stereocenters. The normalized spacial score (nSPS) is 19.5. The highest BCUT2D eigenvalue weighted by Gasteiger charge is 2.25. The number of ketones is 1. The van der Waals surface area contributed by atoms with E-state index in [1.54, 1.807) is 22.8 Å². The molecule has 112 valence electrons. The maximum Gasteiger partial charge on any atom is 0.263 e. The van der Waals surface area contributed by atoms with E-state index in [-0.39, 0.29) is 11.3 Å². The number of thiophene rings is 1. The Morgan fingerprint density at radius 3 is 2.86 bits per heavy atom. The van der Waals surface area contributed by atoms with Gasteiger partial charge in [0.1, 0.15) is 10.7 Å². The third-order valence-corrected chi connectivity index (χ3v) is 5.66. The summed E-state index contributed by atoms with van der Waals surface area (Å²) in [6.07, 6.45) is 3.11. The van der Waals surface area contributed by atoms with Crippen molar-refractivity contribution in [3.05, 3.63) is 26.6 Å². The topological polar surface area (TPSA) is 52.0 Å². The monoisotopic (exact) mass is 304 g/mol. The number of hydrogen-bond acceptors (Lipinski definition) is 4. The van der Waals surface area contributed by atoms with Gasteiger partial charge in [0.25, 0.3) is 5.56 Å². The number of hydrogen-bond donors (Lipinski definition) is 0. The lowest BCUT2D eigenvalue weighted by molar-refractivity contribution is -0.119. The first-order chi connectivity index (χ1) is 9.90. The van der Waals surface area contributed by atoms with Crippen molar-refractivity contribution >= 4 is 27.3 Å². The van der Waals surface area contributed by atoms with Crippen molar-refractivity contribution in [2.75, 3.05) is 0 Å². The lowest BCUT2D eigenvalue weighted by Crippen LogP contribution is -2.30. The summed E-state index contributed by atoms with van der Waals surface area (Å²) in [5.41, 5.74) is 1.13. The van der Waals surface area contributed by atoms with Gasteiger partial charge >= 0.3 is 0 Å². The van der Waals surface area contributed by atoms with Crippen LogP contribution in [0.3, 0.4) is 0 Å². The Balaban J connectivity index is 2.29. The van der Waals surface area contributed by atoms with Gasteiger partial charge in [-0.25, -0.2) is 4.98 Å². The van der Waals surface area contributed by atoms with Gasteiger partial charge in [-0.15, -0.1) is 11.3 Å². The molecule has 5 heteroatoms. The molecule has 3 rings (SSSR count). The third kappa shape index (κ3) is 2.24. The van der Waals surface area contributed by atoms with Crippen LogP contribution in [0, 0.1) is 12.8 Å². The molecule has 0 N–H and O–H groups in total. The first kappa shape index (κ1) is 14.4. The molecular weight excluding hydrogens is 284 g/mol. The third-order valence-electron chi connectivity index (χ3n) is 4.51. The summed E-state index contributed by atoms with van der Waals surface area (Å²) in [5, 5.41) is 0.751. The number of carbonyl (C=O) groups is 1. The van der Waals surface area contributed by atoms with E-state index in [1.807, 2.05) is 6.92 Å². The largest absolute Gasteiger partial charge is 0.298 e. The van der Waals surface area contributed by atoms with Gasteiger partial charge in [-0.1, -0.05) is 6.92 Å². The average molecular weight is 304 g/mol. The molecule has 0 bridgehead atoms. The molecule has 2 heterocycles. The second kappa shape index (κ2) is 5.05. The van der Waals surface area contributed by atoms with E-state index in [0.29, 0.717) is 11.7 Å². The summed E-state index contributed by atoms with van der Waals surface area (Å²) in [6.45, 7) is 7.35. The molecule has 2 aromatic rings. The van der Waals surface area contributed by atoms with E-state index in [9.17, 15) is 9.59 Å². The minimum atomic E-state index is -0.451. The van der Waals surface area contributed by atoms with Crippen LogP contribution >= 0.6 is 11.3 Å². The van der Waals surface area contributed by atoms with Crippen LogP contribution in [0.2, 0.25) is 0 Å². The highest BCUT2D eigenvalue weighted by Crippen LogP contribution is 2.36. The molecule has 0 aliphatic heterocycles. The first-order valence-corrected chi connectivity index (χ1v) is 8.25. The zero-order valence-electron chi connectivity index (χ0n) is 12.9. The smallest absolute Gasteiger partial charge is 0.263 e. The van der Waals surface area contributed by atoms with Gasteiger partial charge in [-0.3, -0.25) is 14.2 Å². The summed E-state index contributed by atoms with van der Waals surface area (Å²) in [7, 11) is 0. The van der Waals surface area contributed by atoms with Crippen LogP contribution in [0.4, 0.5) is 0 Å². The van der Waals surface area contributed by atoms with Crippen molar-refractivity contribution in [2.45, 2.75) is 53.0 Å². The SMILES string of the molecule is CC(=O)[C@@H](C)n1c(C)nc2sc3c(c2c1=O)CC[C@@H](C)C3. The fourth-order valence-corrected chi connectivity index (χ4v) is 4.56. The van der Waals surface area contributed by atoms with Crippen molar-refractivity contribution in [1.29, 1.82) is 0 Å². The van der Waals surface area contributed by atoms with E-state index >= 15 is 0 Å². The maximum absolute atomic E-state index is 12.9. The van der Waals surface area contributed by atoms with Crippen molar-refractivity contribution in [2.24, 2.45) is 5.92 Å². The summed E-state index contributed by atoms with van der Waals surface area (Å²) < 4.78 is 1.55. The molecule has 0 radical (unpaired) electrons. The van der Waals surface area contributed by atoms with Crippen LogP contribution in [0.15, 0.2) is 4.79 Å². The predicted octanol–water partition coefficient (Wildman–Crippen LogP) is 3.04. The van der Waals surface area contributed by atoms with Crippen LogP contribution in [0.5, 0.6) is 0 Å². The van der Waals surface area contributed by atoms with E-state index in [1.165, 1.54) is 17.4 Å². The second-order valence-corrected chi connectivity index (χ2v) is 7.24. The van der Waals surface area contributed by atoms with Crippen molar-refractivity contribution in [1.82, 2.24) is 9.55 Å². The minimum absolute atomic E-state index is 0.0148. The lowest BCUT2D eigenvalue weighted by Gasteiger charge is -2.18. The molecule has 21 heavy (non-hydrogen) atoms. The highest BCUT2D eigenvalue weighted by molar-refractivity contribution is 7.18. The van der Waals surface area contributed by atoms with Crippen molar-refractivity contribution in [3.8, 4) is 0 Å². The maximum atomic E-state index is 12.9. The molecule has 0 saturated carbocycles. The number of aromatic nitrogens is 2. The molecule has 2 aromatic heterocycles. The fraction of sp³-hybridized carbons (Fsp3) is 0.562. The van der Waals surface area contributed by atoms with Crippen molar-refractivity contribution < 1.29 is 4.79 Å². The Kier molecular flexibility index (Phi) is 3.48. The second-order valence-electron chi connectivity index (χ2n) is 6.15. The van der Waals surface area contributed by atoms with E-state index in [0.717, 1.165) is 29.5 Å². The molecular formula is C16H20N2O2S. The molecule has 0 spiro atoms. The average Bonchev–Trinajstić information content (AvgIpc) is 2.75. The Bertz CT molecular complexity index is 788. The molecule has 0 amide bonds. The van der Waals surface area contributed by atoms with Gasteiger partial charge in [0.15, 0.2) is 5.78 Å². The van der Waals surface area contributed by atoms with Crippen molar-refractivity contribution in [3.63, 3.8) is 0 Å². The Morgan fingerprint density at radius 2 is 2.19 bits per heavy atom. The Hall–Kier alpha value is -1.49. The van der Waals surface area contributed by atoms with Gasteiger partial charge < -0.3 is 0 Å². The number of nitrogens with zero attached hydrogens (tertiary/aromatic N) is 2. The summed E-state index contributed by atoms with van der Waals surface area (Å²) >= 11 is 1.65. The zero-order valence-corrected chi connectivity index (χ0v) is 13.7. The minimum Gasteiger partial charge on any atom is -0.298 e. The van der Waals surface area contributed by atoms with E-state index < -0.39 is 6.04 Å². The fourth-order valence-electron chi connectivity index (χ4n) is 3.14. The molecule has 1 aliphatic rings. The first-order valence-electron chi connectivity index (χ1n) is 7.44. The number of aryl methyl sites for hydroxylation is 2. The molecule has 0 saturated heterocycles. The van der Waals surface area contributed by atoms with E-state index in [2.05, 4.69) is 11.9 Å². The standard InChI is InChI=1S/C16H20N2O2S/c1-8-5-6-12-13(7-8)21-15-14(12)16(20)18(11(4)17-15)9(2)10(3)19/h8-9H,5-7H2,1-4H3/t8-,9-/m1/s1. The lowest BCUT2D eigenvalue weighted by atomic mass is 9.89. The number of Topliss-reactive ketones (excluding diaryl/α,β-unsaturated/α-hetero) is 1. The quantitative estimate of drug-likeness (QED) is 0.857. The van der Waals surface area contributed by atoms with Crippen LogP contribution in [0.1, 0.15) is 49.5 Å². The zero-order chi connectivity index (χ0) is 15.3. The molecule has 1 aliphatic carbocycles. The van der Waals surface area contributed by atoms with Gasteiger partial charge in [0.05, 0.1) is 11.4 Å². The Morgan fingerprint density at radius 1 is 1.48 bits per heavy atom. The number of rotatable bonds is 2. The van der Waals surface area contributed by atoms with Crippen LogP contribution < -0.4 is 5.56 Å². The molecule has 0 aromatic carbocycles. The van der Waals surface area contributed by atoms with Gasteiger partial charge in [-0.05, 0) is 51.5 Å². The van der Waals surface area contributed by atoms with Gasteiger partial charge in [0.2, 0.25) is 0 Å². The molecule has 2 atom stereocenters. The number of fused-ring (bicyclic) bond motifs is 3. The summed E-state index contributed by atoms with van der Waals surface area (Å²) in [6, 6.07) is -0.451. The van der Waals surface area contributed by atoms with Gasteiger partial charge in [-0.2, -0.15) is 0 Å².